The van der Waals surface area contributed by atoms with Crippen LogP contribution in [-0.2, 0) is 10.0 Å². The maximum Gasteiger partial charge on any atom is 0.253 e. The second-order valence-corrected chi connectivity index (χ2v) is 7.01. The minimum atomic E-state index is -3.77. The molecule has 1 aliphatic rings. The number of nitrogens with zero attached hydrogens (tertiary/aromatic N) is 1. The normalized spacial score (nSPS) is 18.2. The molecule has 8 heteroatoms. The second kappa shape index (κ2) is 6.74. The van der Waals surface area contributed by atoms with Crippen molar-refractivity contribution in [3.8, 4) is 0 Å². The van der Waals surface area contributed by atoms with Crippen molar-refractivity contribution >= 4 is 15.9 Å². The summed E-state index contributed by atoms with van der Waals surface area (Å²) in [5.41, 5.74) is 0.397. The molecule has 1 amide bonds. The average molecular weight is 328 g/mol. The summed E-state index contributed by atoms with van der Waals surface area (Å²) >= 11 is 0. The van der Waals surface area contributed by atoms with E-state index in [1.807, 2.05) is 0 Å². The molecule has 7 nitrogen and oxygen atoms in total. The number of hydrogen-bond donors (Lipinski definition) is 3. The lowest BCUT2D eigenvalue weighted by molar-refractivity contribution is 0.0179. The summed E-state index contributed by atoms with van der Waals surface area (Å²) in [6, 6.07) is 5.50. The van der Waals surface area contributed by atoms with Gasteiger partial charge in [-0.15, -0.1) is 0 Å². The summed E-state index contributed by atoms with van der Waals surface area (Å²) in [7, 11) is -3.77. The fraction of sp³-hybridized carbons (Fsp3) is 0.500. The zero-order valence-corrected chi connectivity index (χ0v) is 12.9. The molecule has 1 aromatic carbocycles. The molecule has 0 aliphatic carbocycles. The highest BCUT2D eigenvalue weighted by Crippen LogP contribution is 2.22. The van der Waals surface area contributed by atoms with E-state index in [9.17, 15) is 18.3 Å². The Morgan fingerprint density at radius 1 is 1.27 bits per heavy atom. The Labute approximate surface area is 129 Å². The van der Waals surface area contributed by atoms with Gasteiger partial charge in [0.25, 0.3) is 5.91 Å². The van der Waals surface area contributed by atoms with E-state index in [-0.39, 0.29) is 23.3 Å². The van der Waals surface area contributed by atoms with Crippen LogP contribution in [0.5, 0.6) is 0 Å². The summed E-state index contributed by atoms with van der Waals surface area (Å²) in [5, 5.41) is 23.6. The summed E-state index contributed by atoms with van der Waals surface area (Å²) < 4.78 is 22.4. The number of hydrogen-bond acceptors (Lipinski definition) is 5. The third kappa shape index (κ3) is 3.83. The summed E-state index contributed by atoms with van der Waals surface area (Å²) in [5.74, 6) is -0.184. The Hall–Kier alpha value is -1.48. The monoisotopic (exact) mass is 328 g/mol. The standard InChI is InChI=1S/C14H20N2O5S/c15-22(20,21)12-3-1-11(2-4-12)14(19)16-7-5-10(6-8-16)13(18)9-17/h1-4,10,13,17-18H,5-9H2,(H2,15,20,21). The van der Waals surface area contributed by atoms with Crippen LogP contribution in [0, 0.1) is 5.92 Å². The van der Waals surface area contributed by atoms with E-state index in [0.29, 0.717) is 31.5 Å². The molecule has 4 N–H and O–H groups in total. The molecule has 1 aliphatic heterocycles. The Morgan fingerprint density at radius 2 is 1.82 bits per heavy atom. The number of primary sulfonamides is 1. The predicted octanol–water partition coefficient (Wildman–Crippen LogP) is -0.461. The van der Waals surface area contributed by atoms with Crippen LogP contribution >= 0.6 is 0 Å². The maximum atomic E-state index is 12.3. The highest BCUT2D eigenvalue weighted by atomic mass is 32.2. The molecule has 0 radical (unpaired) electrons. The van der Waals surface area contributed by atoms with Crippen molar-refractivity contribution in [2.24, 2.45) is 11.1 Å². The summed E-state index contributed by atoms with van der Waals surface area (Å²) in [4.78, 5) is 14.0. The Kier molecular flexibility index (Phi) is 5.17. The van der Waals surface area contributed by atoms with Gasteiger partial charge in [0.05, 0.1) is 17.6 Å². The highest BCUT2D eigenvalue weighted by molar-refractivity contribution is 7.89. The molecule has 1 aromatic rings. The molecule has 0 spiro atoms. The first kappa shape index (κ1) is 16.9. The molecular formula is C14H20N2O5S. The van der Waals surface area contributed by atoms with Gasteiger partial charge in [0.15, 0.2) is 0 Å². The molecule has 2 rings (SSSR count). The molecule has 1 saturated heterocycles. The van der Waals surface area contributed by atoms with Crippen LogP contribution in [-0.4, -0.2) is 55.2 Å². The number of piperidine rings is 1. The van der Waals surface area contributed by atoms with Gasteiger partial charge in [-0.3, -0.25) is 4.79 Å². The first-order valence-corrected chi connectivity index (χ1v) is 8.58. The number of benzene rings is 1. The topological polar surface area (TPSA) is 121 Å². The lowest BCUT2D eigenvalue weighted by atomic mass is 9.91. The van der Waals surface area contributed by atoms with Crippen molar-refractivity contribution in [2.45, 2.75) is 23.8 Å². The van der Waals surface area contributed by atoms with Crippen LogP contribution in [0.25, 0.3) is 0 Å². The van der Waals surface area contributed by atoms with Crippen LogP contribution in [0.3, 0.4) is 0 Å². The van der Waals surface area contributed by atoms with Crippen molar-refractivity contribution in [3.63, 3.8) is 0 Å². The van der Waals surface area contributed by atoms with Gasteiger partial charge in [-0.2, -0.15) is 0 Å². The van der Waals surface area contributed by atoms with Crippen LogP contribution in [0.15, 0.2) is 29.2 Å². The summed E-state index contributed by atoms with van der Waals surface area (Å²) in [6.45, 7) is 0.725. The number of amides is 1. The van der Waals surface area contributed by atoms with Crippen molar-refractivity contribution < 1.29 is 23.4 Å². The van der Waals surface area contributed by atoms with Gasteiger partial charge < -0.3 is 15.1 Å². The van der Waals surface area contributed by atoms with E-state index in [1.54, 1.807) is 4.90 Å². The maximum absolute atomic E-state index is 12.3. The Bertz CT molecular complexity index is 621. The highest BCUT2D eigenvalue weighted by Gasteiger charge is 2.27. The van der Waals surface area contributed by atoms with E-state index in [4.69, 9.17) is 10.2 Å². The van der Waals surface area contributed by atoms with Crippen LogP contribution in [0.2, 0.25) is 0 Å². The lowest BCUT2D eigenvalue weighted by Gasteiger charge is -2.33. The van der Waals surface area contributed by atoms with Crippen molar-refractivity contribution in [2.75, 3.05) is 19.7 Å². The Morgan fingerprint density at radius 3 is 2.27 bits per heavy atom. The molecule has 1 fully saturated rings. The molecule has 1 atom stereocenters. The second-order valence-electron chi connectivity index (χ2n) is 5.45. The number of sulfonamides is 1. The van der Waals surface area contributed by atoms with E-state index < -0.39 is 16.1 Å². The first-order chi connectivity index (χ1) is 10.3. The minimum Gasteiger partial charge on any atom is -0.394 e. The Balaban J connectivity index is 2.01. The van der Waals surface area contributed by atoms with Crippen LogP contribution in [0.1, 0.15) is 23.2 Å². The molecule has 1 unspecified atom stereocenters. The molecule has 0 saturated carbocycles. The quantitative estimate of drug-likeness (QED) is 0.690. The van der Waals surface area contributed by atoms with Gasteiger partial charge in [-0.25, -0.2) is 13.6 Å². The molecular weight excluding hydrogens is 308 g/mol. The molecule has 0 aromatic heterocycles. The fourth-order valence-electron chi connectivity index (χ4n) is 2.61. The van der Waals surface area contributed by atoms with Crippen molar-refractivity contribution in [3.05, 3.63) is 29.8 Å². The third-order valence-corrected chi connectivity index (χ3v) is 4.92. The number of carbonyl (C=O) groups is 1. The lowest BCUT2D eigenvalue weighted by Crippen LogP contribution is -2.42. The number of rotatable bonds is 4. The number of carbonyl (C=O) groups excluding carboxylic acids is 1. The number of nitrogens with two attached hydrogens (primary N) is 1. The van der Waals surface area contributed by atoms with Gasteiger partial charge in [-0.1, -0.05) is 0 Å². The minimum absolute atomic E-state index is 0.00110. The number of aliphatic hydroxyl groups excluding tert-OH is 2. The van der Waals surface area contributed by atoms with E-state index in [2.05, 4.69) is 0 Å². The van der Waals surface area contributed by atoms with E-state index in [0.717, 1.165) is 0 Å². The molecule has 0 bridgehead atoms. The van der Waals surface area contributed by atoms with Crippen LogP contribution in [0.4, 0.5) is 0 Å². The van der Waals surface area contributed by atoms with Gasteiger partial charge >= 0.3 is 0 Å². The van der Waals surface area contributed by atoms with Crippen LogP contribution < -0.4 is 5.14 Å². The van der Waals surface area contributed by atoms with Gasteiger partial charge in [0.1, 0.15) is 0 Å². The number of aliphatic hydroxyl groups is 2. The summed E-state index contributed by atoms with van der Waals surface area (Å²) in [6.07, 6.45) is 0.511. The molecule has 1 heterocycles. The largest absolute Gasteiger partial charge is 0.394 e. The molecule has 22 heavy (non-hydrogen) atoms. The van der Waals surface area contributed by atoms with Crippen molar-refractivity contribution in [1.82, 2.24) is 4.90 Å². The van der Waals surface area contributed by atoms with E-state index >= 15 is 0 Å². The smallest absolute Gasteiger partial charge is 0.253 e. The SMILES string of the molecule is NS(=O)(=O)c1ccc(C(=O)N2CCC(C(O)CO)CC2)cc1. The van der Waals surface area contributed by atoms with Gasteiger partial charge in [0, 0.05) is 18.7 Å². The molecule has 122 valence electrons. The zero-order chi connectivity index (χ0) is 16.3. The first-order valence-electron chi connectivity index (χ1n) is 7.04. The van der Waals surface area contributed by atoms with Gasteiger partial charge in [0.2, 0.25) is 10.0 Å². The third-order valence-electron chi connectivity index (χ3n) is 3.99. The fourth-order valence-corrected chi connectivity index (χ4v) is 3.12. The van der Waals surface area contributed by atoms with Crippen molar-refractivity contribution in [1.29, 1.82) is 0 Å². The van der Waals surface area contributed by atoms with E-state index in [1.165, 1.54) is 24.3 Å². The predicted molar refractivity (Wildman–Crippen MR) is 79.5 cm³/mol. The number of likely N-dealkylation sites (tertiary alicyclic amines) is 1. The zero-order valence-electron chi connectivity index (χ0n) is 12.1. The van der Waals surface area contributed by atoms with Gasteiger partial charge in [-0.05, 0) is 43.0 Å². The average Bonchev–Trinajstić information content (AvgIpc) is 2.53.